The summed E-state index contributed by atoms with van der Waals surface area (Å²) in [4.78, 5) is 29.1. The monoisotopic (exact) mass is 433 g/mol. The van der Waals surface area contributed by atoms with Crippen LogP contribution >= 0.6 is 0 Å². The van der Waals surface area contributed by atoms with Crippen LogP contribution in [-0.2, 0) is 11.2 Å². The zero-order valence-electron chi connectivity index (χ0n) is 17.5. The van der Waals surface area contributed by atoms with Gasteiger partial charge in [-0.25, -0.2) is 9.78 Å². The Morgan fingerprint density at radius 3 is 2.59 bits per heavy atom. The van der Waals surface area contributed by atoms with Gasteiger partial charge in [0.05, 0.1) is 30.3 Å². The van der Waals surface area contributed by atoms with Crippen LogP contribution in [0.15, 0.2) is 48.5 Å². The third kappa shape index (κ3) is 5.60. The van der Waals surface area contributed by atoms with Crippen molar-refractivity contribution in [1.82, 2.24) is 10.3 Å². The van der Waals surface area contributed by atoms with E-state index in [4.69, 9.17) is 10.5 Å². The molecule has 0 aliphatic heterocycles. The first-order valence-corrected chi connectivity index (χ1v) is 9.86. The molecule has 8 nitrogen and oxygen atoms in total. The van der Waals surface area contributed by atoms with Gasteiger partial charge in [-0.05, 0) is 48.4 Å². The van der Waals surface area contributed by atoms with E-state index in [1.165, 1.54) is 13.2 Å². The molecular formula is C24H23N3O5. The summed E-state index contributed by atoms with van der Waals surface area (Å²) in [5, 5.41) is 22.4. The highest BCUT2D eigenvalue weighted by molar-refractivity contribution is 6.06. The molecule has 0 aliphatic rings. The van der Waals surface area contributed by atoms with Crippen molar-refractivity contribution in [3.8, 4) is 17.6 Å². The predicted octanol–water partition coefficient (Wildman–Crippen LogP) is 1.94. The molecule has 1 aromatic heterocycles. The first kappa shape index (κ1) is 22.7. The molecule has 0 saturated carbocycles. The van der Waals surface area contributed by atoms with Gasteiger partial charge < -0.3 is 26.0 Å². The lowest BCUT2D eigenvalue weighted by Crippen LogP contribution is -2.40. The molecule has 8 heteroatoms. The molecular weight excluding hydrogens is 410 g/mol. The van der Waals surface area contributed by atoms with E-state index in [2.05, 4.69) is 22.1 Å². The molecule has 0 bridgehead atoms. The Morgan fingerprint density at radius 2 is 1.94 bits per heavy atom. The van der Waals surface area contributed by atoms with Crippen molar-refractivity contribution >= 4 is 22.8 Å². The summed E-state index contributed by atoms with van der Waals surface area (Å²) in [5.74, 6) is 4.05. The van der Waals surface area contributed by atoms with Crippen molar-refractivity contribution in [3.63, 3.8) is 0 Å². The fraction of sp³-hybridized carbons (Fsp3) is 0.208. The first-order chi connectivity index (χ1) is 15.4. The van der Waals surface area contributed by atoms with Crippen LogP contribution in [0, 0.1) is 11.8 Å². The number of fused-ring (bicyclic) bond motifs is 1. The Labute approximate surface area is 185 Å². The number of phenolic OH excluding ortho intramolecular Hbond substituents is 1. The van der Waals surface area contributed by atoms with Gasteiger partial charge in [0, 0.05) is 18.1 Å². The van der Waals surface area contributed by atoms with E-state index in [1.54, 1.807) is 42.5 Å². The standard InChI is InChI=1S/C24H23N3O5/c1-32-14-17(11-16-4-7-18(28)8-5-16)26-23(29)22-13-20(24(30)31)19-12-15(3-2-10-25)6-9-21(19)27-22/h4-9,12-13,17,28H,10-11,14,25H2,1H3,(H,26,29)(H,30,31)/t17-/m0/s1. The van der Waals surface area contributed by atoms with Crippen LogP contribution < -0.4 is 11.1 Å². The van der Waals surface area contributed by atoms with Crippen LogP contribution in [0.3, 0.4) is 0 Å². The van der Waals surface area contributed by atoms with Crippen LogP contribution in [-0.4, -0.2) is 53.4 Å². The summed E-state index contributed by atoms with van der Waals surface area (Å²) in [6.07, 6.45) is 0.461. The van der Waals surface area contributed by atoms with Crippen LogP contribution in [0.2, 0.25) is 0 Å². The van der Waals surface area contributed by atoms with Crippen LogP contribution in [0.1, 0.15) is 32.0 Å². The molecule has 0 aliphatic carbocycles. The highest BCUT2D eigenvalue weighted by atomic mass is 16.5. The molecule has 0 fully saturated rings. The maximum absolute atomic E-state index is 12.9. The number of rotatable bonds is 7. The molecule has 5 N–H and O–H groups in total. The van der Waals surface area contributed by atoms with E-state index >= 15 is 0 Å². The maximum atomic E-state index is 12.9. The number of benzene rings is 2. The number of nitrogens with two attached hydrogens (primary N) is 1. The van der Waals surface area contributed by atoms with Gasteiger partial charge in [0.15, 0.2) is 0 Å². The maximum Gasteiger partial charge on any atom is 0.336 e. The summed E-state index contributed by atoms with van der Waals surface area (Å²) < 4.78 is 5.21. The number of carbonyl (C=O) groups is 2. The van der Waals surface area contributed by atoms with Crippen molar-refractivity contribution < 1.29 is 24.5 Å². The number of aromatic carboxylic acids is 1. The summed E-state index contributed by atoms with van der Waals surface area (Å²) in [5.41, 5.74) is 7.21. The largest absolute Gasteiger partial charge is 0.508 e. The lowest BCUT2D eigenvalue weighted by molar-refractivity contribution is 0.0699. The molecule has 0 radical (unpaired) electrons. The molecule has 164 valence electrons. The topological polar surface area (TPSA) is 135 Å². The number of methoxy groups -OCH3 is 1. The van der Waals surface area contributed by atoms with Gasteiger partial charge in [0.1, 0.15) is 11.4 Å². The van der Waals surface area contributed by atoms with Gasteiger partial charge in [-0.2, -0.15) is 0 Å². The first-order valence-electron chi connectivity index (χ1n) is 9.86. The number of carboxylic acid groups (broad SMARTS) is 1. The Kier molecular flexibility index (Phi) is 7.39. The Morgan fingerprint density at radius 1 is 1.19 bits per heavy atom. The number of carbonyl (C=O) groups excluding carboxylic acids is 1. The van der Waals surface area contributed by atoms with Gasteiger partial charge in [0.25, 0.3) is 5.91 Å². The van der Waals surface area contributed by atoms with Crippen molar-refractivity contribution in [2.45, 2.75) is 12.5 Å². The van der Waals surface area contributed by atoms with E-state index in [9.17, 15) is 19.8 Å². The summed E-state index contributed by atoms with van der Waals surface area (Å²) in [6.45, 7) is 0.434. The Hall–Kier alpha value is -3.93. The van der Waals surface area contributed by atoms with E-state index < -0.39 is 11.9 Å². The Balaban J connectivity index is 1.90. The molecule has 2 aromatic carbocycles. The predicted molar refractivity (Wildman–Crippen MR) is 120 cm³/mol. The van der Waals surface area contributed by atoms with Crippen molar-refractivity contribution in [2.24, 2.45) is 5.73 Å². The minimum atomic E-state index is -1.17. The lowest BCUT2D eigenvalue weighted by atomic mass is 10.0. The zero-order chi connectivity index (χ0) is 23.1. The average Bonchev–Trinajstić information content (AvgIpc) is 2.78. The molecule has 1 atom stereocenters. The number of ether oxygens (including phenoxy) is 1. The molecule has 0 spiro atoms. The lowest BCUT2D eigenvalue weighted by Gasteiger charge is -2.18. The number of nitrogens with zero attached hydrogens (tertiary/aromatic N) is 1. The van der Waals surface area contributed by atoms with Crippen LogP contribution in [0.4, 0.5) is 0 Å². The number of aromatic nitrogens is 1. The van der Waals surface area contributed by atoms with Crippen LogP contribution in [0.25, 0.3) is 10.9 Å². The normalized spacial score (nSPS) is 11.4. The molecule has 3 aromatic rings. The fourth-order valence-electron chi connectivity index (χ4n) is 3.28. The Bertz CT molecular complexity index is 1200. The van der Waals surface area contributed by atoms with Crippen molar-refractivity contribution in [2.75, 3.05) is 20.3 Å². The number of nitrogens with one attached hydrogen (secondary N) is 1. The molecule has 1 heterocycles. The second-order valence-electron chi connectivity index (χ2n) is 7.09. The number of carboxylic acids is 1. The second kappa shape index (κ2) is 10.4. The van der Waals surface area contributed by atoms with Gasteiger partial charge in [-0.15, -0.1) is 0 Å². The number of aromatic hydroxyl groups is 1. The molecule has 3 rings (SSSR count). The summed E-state index contributed by atoms with van der Waals surface area (Å²) in [6, 6.07) is 12.5. The summed E-state index contributed by atoms with van der Waals surface area (Å²) >= 11 is 0. The molecule has 0 saturated heterocycles. The zero-order valence-corrected chi connectivity index (χ0v) is 17.5. The smallest absolute Gasteiger partial charge is 0.336 e. The number of amides is 1. The van der Waals surface area contributed by atoms with E-state index in [0.29, 0.717) is 22.9 Å². The van der Waals surface area contributed by atoms with Gasteiger partial charge in [-0.3, -0.25) is 4.79 Å². The van der Waals surface area contributed by atoms with Crippen LogP contribution in [0.5, 0.6) is 5.75 Å². The number of hydrogen-bond donors (Lipinski definition) is 4. The van der Waals surface area contributed by atoms with Crippen molar-refractivity contribution in [1.29, 1.82) is 0 Å². The van der Waals surface area contributed by atoms with E-state index in [-0.39, 0.29) is 36.2 Å². The van der Waals surface area contributed by atoms with Gasteiger partial charge in [-0.1, -0.05) is 24.0 Å². The second-order valence-corrected chi connectivity index (χ2v) is 7.09. The highest BCUT2D eigenvalue weighted by Crippen LogP contribution is 2.21. The minimum Gasteiger partial charge on any atom is -0.508 e. The van der Waals surface area contributed by atoms with Gasteiger partial charge >= 0.3 is 5.97 Å². The quantitative estimate of drug-likeness (QED) is 0.418. The molecule has 0 unspecified atom stereocenters. The highest BCUT2D eigenvalue weighted by Gasteiger charge is 2.19. The third-order valence-electron chi connectivity index (χ3n) is 4.73. The number of hydrogen-bond acceptors (Lipinski definition) is 6. The number of pyridine rings is 1. The fourth-order valence-corrected chi connectivity index (χ4v) is 3.28. The minimum absolute atomic E-state index is 0.0116. The SMILES string of the molecule is COC[C@H](Cc1ccc(O)cc1)NC(=O)c1cc(C(=O)O)c2cc(C#CCN)ccc2n1. The third-order valence-corrected chi connectivity index (χ3v) is 4.73. The van der Waals surface area contributed by atoms with E-state index in [1.807, 2.05) is 0 Å². The molecule has 32 heavy (non-hydrogen) atoms. The average molecular weight is 433 g/mol. The number of phenols is 1. The van der Waals surface area contributed by atoms with Gasteiger partial charge in [0.2, 0.25) is 0 Å². The molecule has 1 amide bonds. The van der Waals surface area contributed by atoms with E-state index in [0.717, 1.165) is 5.56 Å². The van der Waals surface area contributed by atoms with Crippen molar-refractivity contribution in [3.05, 3.63) is 70.9 Å². The summed E-state index contributed by atoms with van der Waals surface area (Å²) in [7, 11) is 1.53.